The van der Waals surface area contributed by atoms with E-state index >= 15 is 0 Å². The largest absolute Gasteiger partial charge is 0.371 e. The molecule has 0 amide bonds. The van der Waals surface area contributed by atoms with Crippen molar-refractivity contribution in [2.75, 3.05) is 18.0 Å². The van der Waals surface area contributed by atoms with Crippen LogP contribution in [0.15, 0.2) is 42.7 Å². The first-order valence-electron chi connectivity index (χ1n) is 7.91. The van der Waals surface area contributed by atoms with Gasteiger partial charge in [-0.3, -0.25) is 4.98 Å². The zero-order valence-corrected chi connectivity index (χ0v) is 12.8. The maximum atomic E-state index is 4.87. The summed E-state index contributed by atoms with van der Waals surface area (Å²) < 4.78 is 0. The number of rotatable bonds is 2. The molecule has 1 unspecified atom stereocenters. The van der Waals surface area contributed by atoms with Gasteiger partial charge in [-0.05, 0) is 43.5 Å². The van der Waals surface area contributed by atoms with E-state index in [1.165, 1.54) is 24.1 Å². The normalized spacial score (nSPS) is 18.8. The van der Waals surface area contributed by atoms with Crippen molar-refractivity contribution in [1.29, 1.82) is 0 Å². The Kier molecular flexibility index (Phi) is 3.29. The summed E-state index contributed by atoms with van der Waals surface area (Å²) in [6, 6.07) is 10.5. The van der Waals surface area contributed by atoms with Gasteiger partial charge in [0.2, 0.25) is 0 Å². The van der Waals surface area contributed by atoms with Crippen LogP contribution in [0, 0.1) is 6.92 Å². The minimum atomic E-state index is 0.466. The number of para-hydroxylation sites is 1. The third kappa shape index (κ3) is 2.34. The average Bonchev–Trinajstić information content (AvgIpc) is 3.02. The van der Waals surface area contributed by atoms with Crippen LogP contribution in [0.1, 0.15) is 30.1 Å². The fraction of sp³-hybridized carbons (Fsp3) is 0.333. The molecule has 0 radical (unpaired) electrons. The lowest BCUT2D eigenvalue weighted by atomic mass is 9.97. The highest BCUT2D eigenvalue weighted by Crippen LogP contribution is 2.29. The van der Waals surface area contributed by atoms with Crippen molar-refractivity contribution in [3.8, 4) is 0 Å². The Labute approximate surface area is 130 Å². The number of piperidine rings is 1. The Hall–Kier alpha value is -2.36. The van der Waals surface area contributed by atoms with Crippen LogP contribution >= 0.6 is 0 Å². The SMILES string of the molecule is Cc1cccc2[nH]c(C3CCCN(c4ccncc4)C3)nc12. The highest BCUT2D eigenvalue weighted by atomic mass is 15.1. The Morgan fingerprint density at radius 2 is 2.05 bits per heavy atom. The van der Waals surface area contributed by atoms with E-state index in [9.17, 15) is 0 Å². The van der Waals surface area contributed by atoms with Crippen LogP contribution in [-0.2, 0) is 0 Å². The zero-order chi connectivity index (χ0) is 14.9. The van der Waals surface area contributed by atoms with Gasteiger partial charge in [0, 0.05) is 37.1 Å². The number of nitrogens with one attached hydrogen (secondary N) is 1. The van der Waals surface area contributed by atoms with Crippen molar-refractivity contribution in [2.45, 2.75) is 25.7 Å². The van der Waals surface area contributed by atoms with E-state index in [-0.39, 0.29) is 0 Å². The number of aromatic amines is 1. The first kappa shape index (κ1) is 13.3. The van der Waals surface area contributed by atoms with Crippen LogP contribution in [0.3, 0.4) is 0 Å². The second-order valence-corrected chi connectivity index (χ2v) is 6.08. The summed E-state index contributed by atoms with van der Waals surface area (Å²) in [4.78, 5) is 14.9. The van der Waals surface area contributed by atoms with Gasteiger partial charge in [0.25, 0.3) is 0 Å². The van der Waals surface area contributed by atoms with Crippen LogP contribution in [0.5, 0.6) is 0 Å². The average molecular weight is 292 g/mol. The lowest BCUT2D eigenvalue weighted by molar-refractivity contribution is 0.495. The molecule has 4 rings (SSSR count). The molecule has 0 bridgehead atoms. The monoisotopic (exact) mass is 292 g/mol. The molecule has 4 heteroatoms. The first-order chi connectivity index (χ1) is 10.8. The van der Waals surface area contributed by atoms with E-state index in [0.717, 1.165) is 29.9 Å². The molecule has 1 atom stereocenters. The summed E-state index contributed by atoms with van der Waals surface area (Å²) in [5.41, 5.74) is 4.75. The van der Waals surface area contributed by atoms with Crippen LogP contribution in [-0.4, -0.2) is 28.0 Å². The van der Waals surface area contributed by atoms with Gasteiger partial charge in [0.15, 0.2) is 0 Å². The number of hydrogen-bond donors (Lipinski definition) is 1. The molecular formula is C18H20N4. The number of fused-ring (bicyclic) bond motifs is 1. The molecule has 1 aromatic carbocycles. The van der Waals surface area contributed by atoms with E-state index in [2.05, 4.69) is 52.1 Å². The number of H-pyrrole nitrogens is 1. The fourth-order valence-corrected chi connectivity index (χ4v) is 3.38. The topological polar surface area (TPSA) is 44.8 Å². The second-order valence-electron chi connectivity index (χ2n) is 6.08. The van der Waals surface area contributed by atoms with E-state index in [4.69, 9.17) is 4.98 Å². The van der Waals surface area contributed by atoms with Crippen LogP contribution < -0.4 is 4.90 Å². The van der Waals surface area contributed by atoms with Gasteiger partial charge in [-0.15, -0.1) is 0 Å². The molecule has 22 heavy (non-hydrogen) atoms. The Bertz CT molecular complexity index is 778. The smallest absolute Gasteiger partial charge is 0.112 e. The Morgan fingerprint density at radius 1 is 1.18 bits per heavy atom. The number of hydrogen-bond acceptors (Lipinski definition) is 3. The maximum Gasteiger partial charge on any atom is 0.112 e. The number of nitrogens with zero attached hydrogens (tertiary/aromatic N) is 3. The minimum absolute atomic E-state index is 0.466. The highest BCUT2D eigenvalue weighted by molar-refractivity contribution is 5.78. The number of anilines is 1. The number of benzene rings is 1. The molecule has 1 fully saturated rings. The van der Waals surface area contributed by atoms with Gasteiger partial charge in [-0.25, -0.2) is 4.98 Å². The third-order valence-electron chi connectivity index (χ3n) is 4.57. The van der Waals surface area contributed by atoms with Crippen molar-refractivity contribution < 1.29 is 0 Å². The molecule has 1 aliphatic heterocycles. The van der Waals surface area contributed by atoms with E-state index in [1.807, 2.05) is 12.4 Å². The van der Waals surface area contributed by atoms with Crippen molar-refractivity contribution in [2.24, 2.45) is 0 Å². The quantitative estimate of drug-likeness (QED) is 0.784. The lowest BCUT2D eigenvalue weighted by Crippen LogP contribution is -2.34. The lowest BCUT2D eigenvalue weighted by Gasteiger charge is -2.33. The van der Waals surface area contributed by atoms with Gasteiger partial charge in [-0.1, -0.05) is 12.1 Å². The molecule has 3 aromatic rings. The Morgan fingerprint density at radius 3 is 2.86 bits per heavy atom. The highest BCUT2D eigenvalue weighted by Gasteiger charge is 2.24. The summed E-state index contributed by atoms with van der Waals surface area (Å²) >= 11 is 0. The molecule has 2 aromatic heterocycles. The van der Waals surface area contributed by atoms with Gasteiger partial charge in [-0.2, -0.15) is 0 Å². The van der Waals surface area contributed by atoms with Gasteiger partial charge < -0.3 is 9.88 Å². The van der Waals surface area contributed by atoms with Gasteiger partial charge in [0.05, 0.1) is 11.0 Å². The third-order valence-corrected chi connectivity index (χ3v) is 4.57. The van der Waals surface area contributed by atoms with Crippen molar-refractivity contribution in [3.05, 3.63) is 54.1 Å². The van der Waals surface area contributed by atoms with E-state index in [0.29, 0.717) is 5.92 Å². The Balaban J connectivity index is 1.62. The molecule has 1 N–H and O–H groups in total. The van der Waals surface area contributed by atoms with Crippen molar-refractivity contribution in [3.63, 3.8) is 0 Å². The summed E-state index contributed by atoms with van der Waals surface area (Å²) in [5.74, 6) is 1.59. The van der Waals surface area contributed by atoms with Crippen LogP contribution in [0.2, 0.25) is 0 Å². The summed E-state index contributed by atoms with van der Waals surface area (Å²) in [5, 5.41) is 0. The van der Waals surface area contributed by atoms with Gasteiger partial charge in [0.1, 0.15) is 5.82 Å². The molecular weight excluding hydrogens is 272 g/mol. The standard InChI is InChI=1S/C18H20N4/c1-13-4-2-6-16-17(13)21-18(20-16)14-5-3-11-22(12-14)15-7-9-19-10-8-15/h2,4,6-10,14H,3,5,11-12H2,1H3,(H,20,21). The van der Waals surface area contributed by atoms with Crippen LogP contribution in [0.25, 0.3) is 11.0 Å². The number of pyridine rings is 1. The van der Waals surface area contributed by atoms with E-state index < -0.39 is 0 Å². The van der Waals surface area contributed by atoms with E-state index in [1.54, 1.807) is 0 Å². The summed E-state index contributed by atoms with van der Waals surface area (Å²) in [7, 11) is 0. The summed E-state index contributed by atoms with van der Waals surface area (Å²) in [6.45, 7) is 4.25. The predicted molar refractivity (Wildman–Crippen MR) is 89.3 cm³/mol. The van der Waals surface area contributed by atoms with Crippen molar-refractivity contribution in [1.82, 2.24) is 15.0 Å². The molecule has 3 heterocycles. The molecule has 0 saturated carbocycles. The number of imidazole rings is 1. The molecule has 0 aliphatic carbocycles. The molecule has 1 saturated heterocycles. The molecule has 1 aliphatic rings. The van der Waals surface area contributed by atoms with Crippen LogP contribution in [0.4, 0.5) is 5.69 Å². The summed E-state index contributed by atoms with van der Waals surface area (Å²) in [6.07, 6.45) is 6.12. The molecule has 4 nitrogen and oxygen atoms in total. The van der Waals surface area contributed by atoms with Crippen molar-refractivity contribution >= 4 is 16.7 Å². The minimum Gasteiger partial charge on any atom is -0.371 e. The first-order valence-corrected chi connectivity index (χ1v) is 7.91. The molecule has 0 spiro atoms. The molecule has 112 valence electrons. The predicted octanol–water partition coefficient (Wildman–Crippen LogP) is 3.65. The number of aryl methyl sites for hydroxylation is 1. The van der Waals surface area contributed by atoms with Gasteiger partial charge >= 0.3 is 0 Å². The fourth-order valence-electron chi connectivity index (χ4n) is 3.38. The maximum absolute atomic E-state index is 4.87. The zero-order valence-electron chi connectivity index (χ0n) is 12.8. The number of aromatic nitrogens is 3. The second kappa shape index (κ2) is 5.44.